The van der Waals surface area contributed by atoms with Crippen LogP contribution in [0.1, 0.15) is 68.6 Å². The zero-order chi connectivity index (χ0) is 20.5. The molecule has 4 aliphatic carbocycles. The molecule has 2 fully saturated rings. The molecule has 0 radical (unpaired) electrons. The van der Waals surface area contributed by atoms with Gasteiger partial charge in [0.05, 0.1) is 23.7 Å². The molecule has 3 unspecified atom stereocenters. The molecule has 6 rings (SSSR count). The molecule has 2 aromatic rings. The molecule has 0 aromatic carbocycles. The van der Waals surface area contributed by atoms with E-state index in [0.29, 0.717) is 11.3 Å². The van der Waals surface area contributed by atoms with E-state index in [0.717, 1.165) is 41.9 Å². The first kappa shape index (κ1) is 19.0. The van der Waals surface area contributed by atoms with Gasteiger partial charge in [0.15, 0.2) is 0 Å². The number of thiazole rings is 1. The maximum absolute atomic E-state index is 10.2. The summed E-state index contributed by atoms with van der Waals surface area (Å²) in [7, 11) is 0. The third-order valence-corrected chi connectivity index (χ3v) is 10.0. The SMILES string of the molecule is C[C@]12CC[C@H](O)CC1=CCC1C2CC[C@]2(C)c3nc(/N=C/c4ccc[nH]4)sc3CC12. The van der Waals surface area contributed by atoms with Crippen LogP contribution in [0.4, 0.5) is 5.13 Å². The highest BCUT2D eigenvalue weighted by atomic mass is 32.1. The standard InChI is InChI=1S/C25H31N3OS/c1-24-9-7-17(29)12-15(24)5-6-18-19(24)8-10-25(2)20(18)13-21-22(25)28-23(30-21)27-14-16-4-3-11-26-16/h3-5,11,14,17-20,26,29H,6-10,12-13H2,1-2H3/b27-14+/t17-,18?,19?,20?,24-,25-/m0/s1. The van der Waals surface area contributed by atoms with Crippen molar-refractivity contribution in [3.8, 4) is 0 Å². The number of nitrogens with one attached hydrogen (secondary N) is 1. The Morgan fingerprint density at radius 1 is 1.20 bits per heavy atom. The Labute approximate surface area is 182 Å². The molecular formula is C25H31N3OS. The van der Waals surface area contributed by atoms with Gasteiger partial charge in [0.1, 0.15) is 0 Å². The number of allylic oxidation sites excluding steroid dienone is 1. The molecule has 30 heavy (non-hydrogen) atoms. The van der Waals surface area contributed by atoms with Crippen molar-refractivity contribution in [2.24, 2.45) is 28.2 Å². The number of aromatic nitrogens is 2. The second kappa shape index (κ2) is 6.64. The number of aliphatic hydroxyl groups is 1. The molecule has 5 heteroatoms. The topological polar surface area (TPSA) is 61.3 Å². The van der Waals surface area contributed by atoms with E-state index in [1.165, 1.54) is 36.3 Å². The summed E-state index contributed by atoms with van der Waals surface area (Å²) in [4.78, 5) is 14.4. The third-order valence-electron chi connectivity index (χ3n) is 9.04. The average Bonchev–Trinajstić information content (AvgIpc) is 3.43. The first-order chi connectivity index (χ1) is 14.5. The number of aliphatic imine (C=N–C) groups is 1. The van der Waals surface area contributed by atoms with Crippen molar-refractivity contribution in [3.63, 3.8) is 0 Å². The number of hydrogen-bond donors (Lipinski definition) is 2. The van der Waals surface area contributed by atoms with E-state index in [-0.39, 0.29) is 11.5 Å². The zero-order valence-electron chi connectivity index (χ0n) is 17.9. The lowest BCUT2D eigenvalue weighted by Crippen LogP contribution is -2.51. The van der Waals surface area contributed by atoms with Crippen molar-refractivity contribution in [2.45, 2.75) is 70.3 Å². The fourth-order valence-electron chi connectivity index (χ4n) is 7.36. The van der Waals surface area contributed by atoms with Gasteiger partial charge in [0.2, 0.25) is 5.13 Å². The second-order valence-electron chi connectivity index (χ2n) is 10.5. The van der Waals surface area contributed by atoms with Gasteiger partial charge < -0.3 is 10.1 Å². The molecule has 2 aromatic heterocycles. The number of rotatable bonds is 2. The van der Waals surface area contributed by atoms with Gasteiger partial charge in [0.25, 0.3) is 0 Å². The molecule has 0 spiro atoms. The van der Waals surface area contributed by atoms with Crippen LogP contribution in [0.5, 0.6) is 0 Å². The van der Waals surface area contributed by atoms with E-state index in [2.05, 4.69) is 29.9 Å². The number of aromatic amines is 1. The smallest absolute Gasteiger partial charge is 0.209 e. The minimum Gasteiger partial charge on any atom is -0.393 e. The van der Waals surface area contributed by atoms with E-state index in [4.69, 9.17) is 4.98 Å². The minimum absolute atomic E-state index is 0.123. The summed E-state index contributed by atoms with van der Waals surface area (Å²) in [5, 5.41) is 11.1. The molecule has 4 aliphatic rings. The van der Waals surface area contributed by atoms with Crippen LogP contribution in [0.15, 0.2) is 35.0 Å². The van der Waals surface area contributed by atoms with Gasteiger partial charge in [-0.05, 0) is 80.2 Å². The predicted octanol–water partition coefficient (Wildman–Crippen LogP) is 5.56. The Hall–Kier alpha value is -1.72. The summed E-state index contributed by atoms with van der Waals surface area (Å²) in [6.45, 7) is 4.98. The quantitative estimate of drug-likeness (QED) is 0.493. The van der Waals surface area contributed by atoms with E-state index < -0.39 is 0 Å². The Morgan fingerprint density at radius 3 is 2.90 bits per heavy atom. The molecule has 0 bridgehead atoms. The summed E-state index contributed by atoms with van der Waals surface area (Å²) >= 11 is 1.80. The monoisotopic (exact) mass is 421 g/mol. The number of fused-ring (bicyclic) bond motifs is 7. The number of aliphatic hydroxyl groups excluding tert-OH is 1. The normalized spacial score (nSPS) is 39.9. The third kappa shape index (κ3) is 2.67. The first-order valence-corrected chi connectivity index (χ1v) is 12.3. The van der Waals surface area contributed by atoms with E-state index in [1.54, 1.807) is 16.9 Å². The van der Waals surface area contributed by atoms with Crippen LogP contribution in [0.2, 0.25) is 0 Å². The lowest BCUT2D eigenvalue weighted by molar-refractivity contribution is -0.0169. The Kier molecular flexibility index (Phi) is 4.20. The maximum atomic E-state index is 10.2. The molecule has 2 heterocycles. The van der Waals surface area contributed by atoms with Crippen LogP contribution in [-0.4, -0.2) is 27.4 Å². The predicted molar refractivity (Wildman–Crippen MR) is 122 cm³/mol. The van der Waals surface area contributed by atoms with Gasteiger partial charge in [-0.1, -0.05) is 36.8 Å². The van der Waals surface area contributed by atoms with Crippen molar-refractivity contribution in [1.29, 1.82) is 0 Å². The van der Waals surface area contributed by atoms with Crippen molar-refractivity contribution in [1.82, 2.24) is 9.97 Å². The van der Waals surface area contributed by atoms with Crippen LogP contribution in [0.3, 0.4) is 0 Å². The molecule has 4 nitrogen and oxygen atoms in total. The van der Waals surface area contributed by atoms with Gasteiger partial charge in [-0.2, -0.15) is 0 Å². The number of nitrogens with zero attached hydrogens (tertiary/aromatic N) is 2. The Morgan fingerprint density at radius 2 is 2.07 bits per heavy atom. The van der Waals surface area contributed by atoms with Crippen molar-refractivity contribution in [2.75, 3.05) is 0 Å². The Balaban J connectivity index is 1.29. The highest BCUT2D eigenvalue weighted by Gasteiger charge is 2.58. The number of hydrogen-bond acceptors (Lipinski definition) is 4. The first-order valence-electron chi connectivity index (χ1n) is 11.5. The highest BCUT2D eigenvalue weighted by Crippen LogP contribution is 2.64. The van der Waals surface area contributed by atoms with Gasteiger partial charge in [-0.15, -0.1) is 0 Å². The summed E-state index contributed by atoms with van der Waals surface area (Å²) in [6, 6.07) is 4.02. The zero-order valence-corrected chi connectivity index (χ0v) is 18.7. The molecule has 2 saturated carbocycles. The Bertz CT molecular complexity index is 1020. The van der Waals surface area contributed by atoms with Gasteiger partial charge in [-0.3, -0.25) is 0 Å². The largest absolute Gasteiger partial charge is 0.393 e. The van der Waals surface area contributed by atoms with E-state index in [9.17, 15) is 5.11 Å². The molecule has 0 aliphatic heterocycles. The lowest BCUT2D eigenvalue weighted by atomic mass is 9.48. The molecule has 2 N–H and O–H groups in total. The molecular weight excluding hydrogens is 390 g/mol. The van der Waals surface area contributed by atoms with E-state index in [1.807, 2.05) is 24.5 Å². The molecule has 0 saturated heterocycles. The van der Waals surface area contributed by atoms with Crippen LogP contribution in [-0.2, 0) is 11.8 Å². The van der Waals surface area contributed by atoms with Gasteiger partial charge in [0, 0.05) is 16.5 Å². The van der Waals surface area contributed by atoms with Gasteiger partial charge in [-0.25, -0.2) is 9.98 Å². The van der Waals surface area contributed by atoms with Gasteiger partial charge >= 0.3 is 0 Å². The minimum atomic E-state index is -0.123. The molecule has 158 valence electrons. The van der Waals surface area contributed by atoms with Crippen LogP contribution in [0.25, 0.3) is 0 Å². The van der Waals surface area contributed by atoms with Crippen molar-refractivity contribution < 1.29 is 5.11 Å². The average molecular weight is 422 g/mol. The molecule has 6 atom stereocenters. The maximum Gasteiger partial charge on any atom is 0.209 e. The fourth-order valence-corrected chi connectivity index (χ4v) is 8.46. The molecule has 0 amide bonds. The summed E-state index contributed by atoms with van der Waals surface area (Å²) < 4.78 is 0. The van der Waals surface area contributed by atoms with Crippen molar-refractivity contribution in [3.05, 3.63) is 46.2 Å². The van der Waals surface area contributed by atoms with Crippen LogP contribution >= 0.6 is 11.3 Å². The lowest BCUT2D eigenvalue weighted by Gasteiger charge is -2.57. The fraction of sp³-hybridized carbons (Fsp3) is 0.600. The summed E-state index contributed by atoms with van der Waals surface area (Å²) in [5.41, 5.74) is 4.42. The van der Waals surface area contributed by atoms with Crippen LogP contribution in [0, 0.1) is 23.2 Å². The number of H-pyrrole nitrogens is 1. The van der Waals surface area contributed by atoms with Crippen LogP contribution < -0.4 is 0 Å². The van der Waals surface area contributed by atoms with E-state index >= 15 is 0 Å². The van der Waals surface area contributed by atoms with Crippen molar-refractivity contribution >= 4 is 22.7 Å². The highest BCUT2D eigenvalue weighted by molar-refractivity contribution is 7.15. The second-order valence-corrected chi connectivity index (χ2v) is 11.5. The summed E-state index contributed by atoms with van der Waals surface area (Å²) in [5.74, 6) is 2.22. The summed E-state index contributed by atoms with van der Waals surface area (Å²) in [6.07, 6.45) is 14.1.